The highest BCUT2D eigenvalue weighted by Gasteiger charge is 2.12. The van der Waals surface area contributed by atoms with E-state index < -0.39 is 0 Å². The summed E-state index contributed by atoms with van der Waals surface area (Å²) in [6.07, 6.45) is 1.23. The summed E-state index contributed by atoms with van der Waals surface area (Å²) in [7, 11) is 0. The Hall–Kier alpha value is -0.0200. The van der Waals surface area contributed by atoms with Gasteiger partial charge >= 0.3 is 0 Å². The van der Waals surface area contributed by atoms with Gasteiger partial charge in [-0.3, -0.25) is 0 Å². The molecule has 0 saturated carbocycles. The SMILES string of the molecule is CCC(C)CN(CC)c1ccc(Br)cc1CBr. The fourth-order valence-corrected chi connectivity index (χ4v) is 2.73. The van der Waals surface area contributed by atoms with Gasteiger partial charge in [-0.05, 0) is 36.6 Å². The lowest BCUT2D eigenvalue weighted by Gasteiger charge is -2.28. The number of anilines is 1. The molecule has 0 bridgehead atoms. The van der Waals surface area contributed by atoms with Crippen LogP contribution in [0, 0.1) is 5.92 Å². The molecule has 0 amide bonds. The fraction of sp³-hybridized carbons (Fsp3) is 0.571. The van der Waals surface area contributed by atoms with Crippen molar-refractivity contribution in [3.8, 4) is 0 Å². The van der Waals surface area contributed by atoms with E-state index >= 15 is 0 Å². The Morgan fingerprint density at radius 1 is 1.29 bits per heavy atom. The van der Waals surface area contributed by atoms with Crippen LogP contribution in [0.5, 0.6) is 0 Å². The smallest absolute Gasteiger partial charge is 0.0408 e. The van der Waals surface area contributed by atoms with E-state index in [2.05, 4.69) is 75.7 Å². The zero-order valence-electron chi connectivity index (χ0n) is 10.8. The summed E-state index contributed by atoms with van der Waals surface area (Å²) in [6, 6.07) is 6.54. The van der Waals surface area contributed by atoms with Crippen molar-refractivity contribution in [3.63, 3.8) is 0 Å². The van der Waals surface area contributed by atoms with Gasteiger partial charge in [0.25, 0.3) is 0 Å². The topological polar surface area (TPSA) is 3.24 Å². The van der Waals surface area contributed by atoms with Crippen molar-refractivity contribution < 1.29 is 0 Å². The normalized spacial score (nSPS) is 12.5. The van der Waals surface area contributed by atoms with Gasteiger partial charge in [-0.25, -0.2) is 0 Å². The zero-order valence-corrected chi connectivity index (χ0v) is 14.0. The molecule has 1 aromatic rings. The minimum Gasteiger partial charge on any atom is -0.371 e. The molecule has 0 radical (unpaired) electrons. The van der Waals surface area contributed by atoms with E-state index in [9.17, 15) is 0 Å². The van der Waals surface area contributed by atoms with Crippen LogP contribution in [0.3, 0.4) is 0 Å². The minimum atomic E-state index is 0.738. The van der Waals surface area contributed by atoms with E-state index in [4.69, 9.17) is 0 Å². The third-order valence-corrected chi connectivity index (χ3v) is 4.23. The maximum atomic E-state index is 3.58. The van der Waals surface area contributed by atoms with Gasteiger partial charge in [-0.15, -0.1) is 0 Å². The van der Waals surface area contributed by atoms with Gasteiger partial charge in [0.05, 0.1) is 0 Å². The molecular weight excluding hydrogens is 342 g/mol. The van der Waals surface area contributed by atoms with Crippen molar-refractivity contribution >= 4 is 37.5 Å². The fourth-order valence-electron chi connectivity index (χ4n) is 1.87. The van der Waals surface area contributed by atoms with Crippen LogP contribution in [0.1, 0.15) is 32.8 Å². The number of nitrogens with zero attached hydrogens (tertiary/aromatic N) is 1. The first-order valence-corrected chi connectivity index (χ1v) is 8.13. The predicted molar refractivity (Wildman–Crippen MR) is 84.1 cm³/mol. The lowest BCUT2D eigenvalue weighted by atomic mass is 10.1. The lowest BCUT2D eigenvalue weighted by Crippen LogP contribution is -2.28. The number of hydrogen-bond acceptors (Lipinski definition) is 1. The highest BCUT2D eigenvalue weighted by atomic mass is 79.9. The van der Waals surface area contributed by atoms with Crippen molar-refractivity contribution in [2.45, 2.75) is 32.5 Å². The number of rotatable bonds is 6. The van der Waals surface area contributed by atoms with Gasteiger partial charge in [-0.1, -0.05) is 52.1 Å². The highest BCUT2D eigenvalue weighted by Crippen LogP contribution is 2.27. The third-order valence-electron chi connectivity index (χ3n) is 3.14. The number of hydrogen-bond donors (Lipinski definition) is 0. The first-order chi connectivity index (χ1) is 8.12. The maximum Gasteiger partial charge on any atom is 0.0408 e. The van der Waals surface area contributed by atoms with Crippen molar-refractivity contribution in [2.75, 3.05) is 18.0 Å². The monoisotopic (exact) mass is 361 g/mol. The molecule has 0 aliphatic rings. The minimum absolute atomic E-state index is 0.738. The second-order valence-electron chi connectivity index (χ2n) is 4.46. The highest BCUT2D eigenvalue weighted by molar-refractivity contribution is 9.10. The van der Waals surface area contributed by atoms with Crippen molar-refractivity contribution in [1.82, 2.24) is 0 Å². The predicted octanol–water partition coefficient (Wildman–Crippen LogP) is 5.22. The Bertz CT molecular complexity index is 352. The molecule has 1 atom stereocenters. The summed E-state index contributed by atoms with van der Waals surface area (Å²) in [5, 5.41) is 0.902. The molecule has 0 saturated heterocycles. The van der Waals surface area contributed by atoms with Gasteiger partial charge < -0.3 is 4.90 Å². The summed E-state index contributed by atoms with van der Waals surface area (Å²) in [5.74, 6) is 0.738. The second kappa shape index (κ2) is 7.42. The molecule has 1 aromatic carbocycles. The van der Waals surface area contributed by atoms with E-state index in [0.29, 0.717) is 0 Å². The van der Waals surface area contributed by atoms with Gasteiger partial charge in [-0.2, -0.15) is 0 Å². The number of halogens is 2. The molecule has 0 spiro atoms. The summed E-state index contributed by atoms with van der Waals surface area (Å²) in [6.45, 7) is 8.99. The Morgan fingerprint density at radius 3 is 2.53 bits per heavy atom. The average Bonchev–Trinajstić information content (AvgIpc) is 2.35. The van der Waals surface area contributed by atoms with E-state index in [1.807, 2.05) is 0 Å². The molecule has 1 unspecified atom stereocenters. The van der Waals surface area contributed by atoms with Gasteiger partial charge in [0.15, 0.2) is 0 Å². The molecule has 0 fully saturated rings. The van der Waals surface area contributed by atoms with Crippen molar-refractivity contribution in [1.29, 1.82) is 0 Å². The van der Waals surface area contributed by atoms with Crippen LogP contribution in [0.4, 0.5) is 5.69 Å². The van der Waals surface area contributed by atoms with Gasteiger partial charge in [0.2, 0.25) is 0 Å². The Labute approximate surface area is 122 Å². The molecule has 1 rings (SSSR count). The molecule has 0 aliphatic heterocycles. The first-order valence-electron chi connectivity index (χ1n) is 6.21. The average molecular weight is 363 g/mol. The van der Waals surface area contributed by atoms with E-state index in [1.165, 1.54) is 17.7 Å². The Morgan fingerprint density at radius 2 is 2.00 bits per heavy atom. The molecule has 3 heteroatoms. The van der Waals surface area contributed by atoms with Crippen LogP contribution in [0.15, 0.2) is 22.7 Å². The van der Waals surface area contributed by atoms with Crippen LogP contribution >= 0.6 is 31.9 Å². The van der Waals surface area contributed by atoms with E-state index in [0.717, 1.165) is 28.8 Å². The van der Waals surface area contributed by atoms with Gasteiger partial charge in [0.1, 0.15) is 0 Å². The molecule has 96 valence electrons. The summed E-state index contributed by atoms with van der Waals surface area (Å²) < 4.78 is 1.15. The molecule has 0 N–H and O–H groups in total. The quantitative estimate of drug-likeness (QED) is 0.627. The molecule has 0 aromatic heterocycles. The number of benzene rings is 1. The molecular formula is C14H21Br2N. The summed E-state index contributed by atoms with van der Waals surface area (Å²) in [4.78, 5) is 2.47. The van der Waals surface area contributed by atoms with Crippen LogP contribution < -0.4 is 4.90 Å². The largest absolute Gasteiger partial charge is 0.371 e. The summed E-state index contributed by atoms with van der Waals surface area (Å²) in [5.41, 5.74) is 2.71. The Balaban J connectivity index is 2.94. The van der Waals surface area contributed by atoms with Gasteiger partial charge in [0, 0.05) is 28.6 Å². The molecule has 0 heterocycles. The van der Waals surface area contributed by atoms with Crippen LogP contribution in [0.2, 0.25) is 0 Å². The maximum absolute atomic E-state index is 3.58. The van der Waals surface area contributed by atoms with E-state index in [-0.39, 0.29) is 0 Å². The first kappa shape index (κ1) is 15.0. The second-order valence-corrected chi connectivity index (χ2v) is 5.94. The Kier molecular flexibility index (Phi) is 6.57. The lowest BCUT2D eigenvalue weighted by molar-refractivity contribution is 0.547. The van der Waals surface area contributed by atoms with Crippen LogP contribution in [0.25, 0.3) is 0 Å². The zero-order chi connectivity index (χ0) is 12.8. The third kappa shape index (κ3) is 4.29. The van der Waals surface area contributed by atoms with E-state index in [1.54, 1.807) is 0 Å². The molecule has 17 heavy (non-hydrogen) atoms. The number of alkyl halides is 1. The van der Waals surface area contributed by atoms with Crippen LogP contribution in [-0.2, 0) is 5.33 Å². The van der Waals surface area contributed by atoms with Crippen molar-refractivity contribution in [2.24, 2.45) is 5.92 Å². The molecule has 0 aliphatic carbocycles. The van der Waals surface area contributed by atoms with Crippen molar-refractivity contribution in [3.05, 3.63) is 28.2 Å². The standard InChI is InChI=1S/C14H21Br2N/c1-4-11(3)10-17(5-2)14-7-6-13(16)8-12(14)9-15/h6-8,11H,4-5,9-10H2,1-3H3. The molecule has 1 nitrogen and oxygen atoms in total. The van der Waals surface area contributed by atoms with Crippen LogP contribution in [-0.4, -0.2) is 13.1 Å². The summed E-state index contributed by atoms with van der Waals surface area (Å²) >= 11 is 7.11.